The molecule has 1 N–H and O–H groups in total. The van der Waals surface area contributed by atoms with Crippen molar-refractivity contribution in [2.75, 3.05) is 12.4 Å². The minimum atomic E-state index is 0.116. The van der Waals surface area contributed by atoms with Gasteiger partial charge in [-0.15, -0.1) is 0 Å². The van der Waals surface area contributed by atoms with E-state index in [9.17, 15) is 0 Å². The fraction of sp³-hybridized carbons (Fsp3) is 0.143. The van der Waals surface area contributed by atoms with Crippen LogP contribution in [0.15, 0.2) is 78.9 Å². The Labute approximate surface area is 137 Å². The Hall–Kier alpha value is -2.74. The first-order chi connectivity index (χ1) is 11.3. The second-order valence-corrected chi connectivity index (χ2v) is 5.57. The van der Waals surface area contributed by atoms with E-state index in [2.05, 4.69) is 60.8 Å². The van der Waals surface area contributed by atoms with Crippen molar-refractivity contribution < 1.29 is 4.74 Å². The zero-order chi connectivity index (χ0) is 16.1. The van der Waals surface area contributed by atoms with Gasteiger partial charge in [0.05, 0.1) is 13.2 Å². The molecule has 0 heterocycles. The zero-order valence-corrected chi connectivity index (χ0v) is 13.5. The van der Waals surface area contributed by atoms with Crippen LogP contribution < -0.4 is 10.1 Å². The van der Waals surface area contributed by atoms with Gasteiger partial charge in [-0.3, -0.25) is 0 Å². The number of nitrogens with one attached hydrogen (secondary N) is 1. The summed E-state index contributed by atoms with van der Waals surface area (Å²) in [7, 11) is 1.68. The van der Waals surface area contributed by atoms with Gasteiger partial charge in [0.15, 0.2) is 0 Å². The van der Waals surface area contributed by atoms with E-state index >= 15 is 0 Å². The Morgan fingerprint density at radius 3 is 2.09 bits per heavy atom. The van der Waals surface area contributed by atoms with Crippen molar-refractivity contribution in [1.29, 1.82) is 0 Å². The van der Waals surface area contributed by atoms with Crippen molar-refractivity contribution in [3.63, 3.8) is 0 Å². The third kappa shape index (κ3) is 3.54. The molecular weight excluding hydrogens is 282 g/mol. The lowest BCUT2D eigenvalue weighted by molar-refractivity contribution is 0.415. The highest BCUT2D eigenvalue weighted by atomic mass is 16.5. The molecule has 116 valence electrons. The van der Waals surface area contributed by atoms with Crippen LogP contribution in [-0.4, -0.2) is 7.11 Å². The first-order valence-corrected chi connectivity index (χ1v) is 7.79. The van der Waals surface area contributed by atoms with Crippen LogP contribution in [0.2, 0.25) is 0 Å². The monoisotopic (exact) mass is 303 g/mol. The van der Waals surface area contributed by atoms with Crippen molar-refractivity contribution >= 4 is 5.69 Å². The van der Waals surface area contributed by atoms with Gasteiger partial charge in [-0.25, -0.2) is 0 Å². The van der Waals surface area contributed by atoms with Gasteiger partial charge < -0.3 is 10.1 Å². The standard InChI is InChI=1S/C21H21NO/c1-16-8-6-7-11-20(16)21(17-9-4-3-5-10-17)22-18-12-14-19(23-2)15-13-18/h3-15,21-22H,1-2H3. The Morgan fingerprint density at radius 1 is 0.783 bits per heavy atom. The van der Waals surface area contributed by atoms with Gasteiger partial charge in [0, 0.05) is 5.69 Å². The molecule has 0 aliphatic carbocycles. The summed E-state index contributed by atoms with van der Waals surface area (Å²) in [6.45, 7) is 2.15. The summed E-state index contributed by atoms with van der Waals surface area (Å²) in [5, 5.41) is 3.65. The van der Waals surface area contributed by atoms with Crippen molar-refractivity contribution in [1.82, 2.24) is 0 Å². The fourth-order valence-electron chi connectivity index (χ4n) is 2.75. The van der Waals surface area contributed by atoms with E-state index in [1.807, 2.05) is 30.3 Å². The van der Waals surface area contributed by atoms with E-state index in [-0.39, 0.29) is 6.04 Å². The molecule has 0 saturated heterocycles. The lowest BCUT2D eigenvalue weighted by Crippen LogP contribution is -2.13. The topological polar surface area (TPSA) is 21.3 Å². The van der Waals surface area contributed by atoms with Gasteiger partial charge in [0.25, 0.3) is 0 Å². The Kier molecular flexibility index (Phi) is 4.62. The summed E-state index contributed by atoms with van der Waals surface area (Å²) in [6.07, 6.45) is 0. The van der Waals surface area contributed by atoms with Gasteiger partial charge in [-0.1, -0.05) is 54.6 Å². The molecule has 2 nitrogen and oxygen atoms in total. The van der Waals surface area contributed by atoms with Crippen LogP contribution in [0, 0.1) is 6.92 Å². The third-order valence-corrected chi connectivity index (χ3v) is 4.03. The molecule has 1 unspecified atom stereocenters. The molecule has 0 saturated carbocycles. The molecule has 0 amide bonds. The fourth-order valence-corrected chi connectivity index (χ4v) is 2.75. The van der Waals surface area contributed by atoms with Crippen LogP contribution in [0.4, 0.5) is 5.69 Å². The minimum Gasteiger partial charge on any atom is -0.497 e. The average molecular weight is 303 g/mol. The summed E-state index contributed by atoms with van der Waals surface area (Å²) in [6, 6.07) is 27.2. The summed E-state index contributed by atoms with van der Waals surface area (Å²) >= 11 is 0. The first kappa shape index (κ1) is 15.2. The molecule has 3 aromatic rings. The van der Waals surface area contributed by atoms with Crippen molar-refractivity contribution in [2.24, 2.45) is 0 Å². The Balaban J connectivity index is 1.97. The van der Waals surface area contributed by atoms with E-state index in [0.717, 1.165) is 11.4 Å². The van der Waals surface area contributed by atoms with Crippen LogP contribution in [-0.2, 0) is 0 Å². The van der Waals surface area contributed by atoms with E-state index in [1.54, 1.807) is 7.11 Å². The van der Waals surface area contributed by atoms with Crippen molar-refractivity contribution in [3.05, 3.63) is 95.6 Å². The molecule has 0 fully saturated rings. The van der Waals surface area contributed by atoms with Gasteiger partial charge in [0.1, 0.15) is 5.75 Å². The van der Waals surface area contributed by atoms with E-state index in [1.165, 1.54) is 16.7 Å². The Bertz CT molecular complexity index is 750. The normalized spacial score (nSPS) is 11.7. The SMILES string of the molecule is COc1ccc(NC(c2ccccc2)c2ccccc2C)cc1. The smallest absolute Gasteiger partial charge is 0.119 e. The molecule has 1 atom stereocenters. The van der Waals surface area contributed by atoms with Crippen LogP contribution in [0.25, 0.3) is 0 Å². The molecule has 0 aromatic heterocycles. The van der Waals surface area contributed by atoms with Gasteiger partial charge in [0.2, 0.25) is 0 Å². The molecule has 3 rings (SSSR count). The average Bonchev–Trinajstić information content (AvgIpc) is 2.62. The molecule has 23 heavy (non-hydrogen) atoms. The number of anilines is 1. The maximum Gasteiger partial charge on any atom is 0.119 e. The molecule has 2 heteroatoms. The van der Waals surface area contributed by atoms with E-state index in [4.69, 9.17) is 4.74 Å². The quantitative estimate of drug-likeness (QED) is 0.699. The van der Waals surface area contributed by atoms with Gasteiger partial charge in [-0.2, -0.15) is 0 Å². The lowest BCUT2D eigenvalue weighted by Gasteiger charge is -2.23. The second-order valence-electron chi connectivity index (χ2n) is 5.57. The highest BCUT2D eigenvalue weighted by Crippen LogP contribution is 2.29. The van der Waals surface area contributed by atoms with E-state index in [0.29, 0.717) is 0 Å². The number of aryl methyl sites for hydroxylation is 1. The Morgan fingerprint density at radius 2 is 1.43 bits per heavy atom. The first-order valence-electron chi connectivity index (χ1n) is 7.79. The number of methoxy groups -OCH3 is 1. The van der Waals surface area contributed by atoms with E-state index < -0.39 is 0 Å². The number of hydrogen-bond acceptors (Lipinski definition) is 2. The van der Waals surface area contributed by atoms with Crippen LogP contribution >= 0.6 is 0 Å². The largest absolute Gasteiger partial charge is 0.497 e. The van der Waals surface area contributed by atoms with Gasteiger partial charge >= 0.3 is 0 Å². The molecular formula is C21H21NO. The van der Waals surface area contributed by atoms with Crippen LogP contribution in [0.5, 0.6) is 5.75 Å². The third-order valence-electron chi connectivity index (χ3n) is 4.03. The highest BCUT2D eigenvalue weighted by Gasteiger charge is 2.15. The number of ether oxygens (including phenoxy) is 1. The second kappa shape index (κ2) is 7.01. The molecule has 0 bridgehead atoms. The summed E-state index contributed by atoms with van der Waals surface area (Å²) in [5.74, 6) is 0.864. The zero-order valence-electron chi connectivity index (χ0n) is 13.5. The highest BCUT2D eigenvalue weighted by molar-refractivity contribution is 5.52. The molecule has 0 aliphatic heterocycles. The molecule has 0 spiro atoms. The number of benzene rings is 3. The lowest BCUT2D eigenvalue weighted by atomic mass is 9.95. The maximum atomic E-state index is 5.23. The number of rotatable bonds is 5. The van der Waals surface area contributed by atoms with Gasteiger partial charge in [-0.05, 0) is 47.9 Å². The predicted octanol–water partition coefficient (Wildman–Crippen LogP) is 5.21. The number of hydrogen-bond donors (Lipinski definition) is 1. The molecule has 0 aliphatic rings. The van der Waals surface area contributed by atoms with Crippen molar-refractivity contribution in [3.8, 4) is 5.75 Å². The summed E-state index contributed by atoms with van der Waals surface area (Å²) < 4.78 is 5.23. The maximum absolute atomic E-state index is 5.23. The van der Waals surface area contributed by atoms with Crippen LogP contribution in [0.3, 0.4) is 0 Å². The molecule has 3 aromatic carbocycles. The van der Waals surface area contributed by atoms with Crippen LogP contribution in [0.1, 0.15) is 22.7 Å². The molecule has 0 radical (unpaired) electrons. The summed E-state index contributed by atoms with van der Waals surface area (Å²) in [4.78, 5) is 0. The van der Waals surface area contributed by atoms with Crippen molar-refractivity contribution in [2.45, 2.75) is 13.0 Å². The minimum absolute atomic E-state index is 0.116. The predicted molar refractivity (Wildman–Crippen MR) is 96.1 cm³/mol. The summed E-state index contributed by atoms with van der Waals surface area (Å²) in [5.41, 5.74) is 4.89.